The van der Waals surface area contributed by atoms with Crippen molar-refractivity contribution in [3.8, 4) is 0 Å². The lowest BCUT2D eigenvalue weighted by Gasteiger charge is -2.00. The smallest absolute Gasteiger partial charge is 0.233 e. The van der Waals surface area contributed by atoms with Crippen LogP contribution < -0.4 is 0 Å². The van der Waals surface area contributed by atoms with Crippen LogP contribution in [0.3, 0.4) is 0 Å². The van der Waals surface area contributed by atoms with E-state index in [0.29, 0.717) is 13.0 Å². The molecule has 0 aliphatic heterocycles. The van der Waals surface area contributed by atoms with Crippen LogP contribution in [0.1, 0.15) is 26.2 Å². The lowest BCUT2D eigenvalue weighted by Crippen LogP contribution is -1.96. The fraction of sp³-hybridized carbons (Fsp3) is 0.750. The second-order valence-corrected chi connectivity index (χ2v) is 2.57. The van der Waals surface area contributed by atoms with Gasteiger partial charge in [-0.3, -0.25) is 10.1 Å². The van der Waals surface area contributed by atoms with Gasteiger partial charge in [0.15, 0.2) is 0 Å². The number of nitrogens with zero attached hydrogens (tertiary/aromatic N) is 1. The van der Waals surface area contributed by atoms with Gasteiger partial charge in [0, 0.05) is 12.7 Å². The average molecular weight is 173 g/mol. The molecular weight excluding hydrogens is 158 g/mol. The Labute approximate surface area is 72.4 Å². The maximum Gasteiger partial charge on any atom is 0.233 e. The van der Waals surface area contributed by atoms with Gasteiger partial charge in [0.2, 0.25) is 6.20 Å². The van der Waals surface area contributed by atoms with Gasteiger partial charge in [-0.2, -0.15) is 0 Å². The highest BCUT2D eigenvalue weighted by Gasteiger charge is 2.01. The fourth-order valence-electron chi connectivity index (χ4n) is 0.957. The van der Waals surface area contributed by atoms with Gasteiger partial charge >= 0.3 is 0 Å². The summed E-state index contributed by atoms with van der Waals surface area (Å²) in [5.74, 6) is 0. The van der Waals surface area contributed by atoms with Crippen molar-refractivity contribution in [3.05, 3.63) is 21.9 Å². The molecule has 0 amide bonds. The fourth-order valence-corrected chi connectivity index (χ4v) is 0.957. The van der Waals surface area contributed by atoms with Crippen LogP contribution >= 0.6 is 0 Å². The minimum absolute atomic E-state index is 0.402. The van der Waals surface area contributed by atoms with E-state index in [2.05, 4.69) is 0 Å². The van der Waals surface area contributed by atoms with Crippen molar-refractivity contribution >= 4 is 0 Å². The van der Waals surface area contributed by atoms with Crippen LogP contribution in [0.25, 0.3) is 0 Å². The first-order valence-electron chi connectivity index (χ1n) is 4.02. The molecule has 0 radical (unpaired) electrons. The third kappa shape index (κ3) is 5.85. The molecule has 0 saturated heterocycles. The van der Waals surface area contributed by atoms with Gasteiger partial charge in [-0.05, 0) is 12.8 Å². The monoisotopic (exact) mass is 173 g/mol. The van der Waals surface area contributed by atoms with Gasteiger partial charge in [0.1, 0.15) is 0 Å². The standard InChI is InChI=1S/C8H15NO3/c1-3-4-8(5-6-12-2)7-9(10)11/h7H,3-6H2,1-2H3. The largest absolute Gasteiger partial charge is 0.384 e. The minimum Gasteiger partial charge on any atom is -0.384 e. The quantitative estimate of drug-likeness (QED) is 0.456. The highest BCUT2D eigenvalue weighted by Crippen LogP contribution is 2.09. The van der Waals surface area contributed by atoms with Crippen molar-refractivity contribution in [1.82, 2.24) is 0 Å². The van der Waals surface area contributed by atoms with Gasteiger partial charge in [-0.25, -0.2) is 0 Å². The van der Waals surface area contributed by atoms with Crippen molar-refractivity contribution in [3.63, 3.8) is 0 Å². The number of hydrogen-bond acceptors (Lipinski definition) is 3. The first-order valence-corrected chi connectivity index (χ1v) is 4.02. The summed E-state index contributed by atoms with van der Waals surface area (Å²) < 4.78 is 4.84. The molecule has 0 bridgehead atoms. The zero-order valence-electron chi connectivity index (χ0n) is 7.58. The van der Waals surface area contributed by atoms with E-state index in [1.807, 2.05) is 6.92 Å². The predicted molar refractivity (Wildman–Crippen MR) is 46.5 cm³/mol. The predicted octanol–water partition coefficient (Wildman–Crippen LogP) is 1.98. The molecule has 12 heavy (non-hydrogen) atoms. The third-order valence-electron chi connectivity index (χ3n) is 1.49. The Morgan fingerprint density at radius 3 is 2.67 bits per heavy atom. The summed E-state index contributed by atoms with van der Waals surface area (Å²) in [4.78, 5) is 9.73. The molecule has 0 N–H and O–H groups in total. The molecule has 4 heteroatoms. The van der Waals surface area contributed by atoms with Crippen LogP contribution in [0.4, 0.5) is 0 Å². The van der Waals surface area contributed by atoms with Crippen LogP contribution in [0.2, 0.25) is 0 Å². The maximum absolute atomic E-state index is 10.1. The molecule has 0 rings (SSSR count). The van der Waals surface area contributed by atoms with Gasteiger partial charge in [0.05, 0.1) is 11.5 Å². The Bertz CT molecular complexity index is 166. The first kappa shape index (κ1) is 11.1. The zero-order valence-corrected chi connectivity index (χ0v) is 7.58. The minimum atomic E-state index is -0.402. The van der Waals surface area contributed by atoms with E-state index in [1.54, 1.807) is 7.11 Å². The summed E-state index contributed by atoms with van der Waals surface area (Å²) in [7, 11) is 1.59. The third-order valence-corrected chi connectivity index (χ3v) is 1.49. The van der Waals surface area contributed by atoms with E-state index < -0.39 is 4.92 Å². The SMILES string of the molecule is CCCC(=C[N+](=O)[O-])CCOC. The van der Waals surface area contributed by atoms with Crippen LogP contribution in [-0.2, 0) is 4.74 Å². The van der Waals surface area contributed by atoms with Gasteiger partial charge in [-0.15, -0.1) is 0 Å². The Kier molecular flexibility index (Phi) is 6.28. The number of nitro groups is 1. The van der Waals surface area contributed by atoms with Crippen molar-refractivity contribution in [2.75, 3.05) is 13.7 Å². The van der Waals surface area contributed by atoms with E-state index in [-0.39, 0.29) is 0 Å². The molecule has 0 fully saturated rings. The number of rotatable bonds is 6. The molecule has 0 aromatic rings. The molecule has 0 heterocycles. The molecule has 0 unspecified atom stereocenters. The van der Waals surface area contributed by atoms with Crippen LogP contribution in [0.5, 0.6) is 0 Å². The van der Waals surface area contributed by atoms with E-state index in [9.17, 15) is 10.1 Å². The number of methoxy groups -OCH3 is 1. The van der Waals surface area contributed by atoms with Crippen molar-refractivity contribution < 1.29 is 9.66 Å². The lowest BCUT2D eigenvalue weighted by atomic mass is 10.1. The Hall–Kier alpha value is -0.900. The van der Waals surface area contributed by atoms with Crippen LogP contribution in [0, 0.1) is 10.1 Å². The Balaban J connectivity index is 3.93. The van der Waals surface area contributed by atoms with Gasteiger partial charge in [-0.1, -0.05) is 13.3 Å². The van der Waals surface area contributed by atoms with Crippen LogP contribution in [-0.4, -0.2) is 18.6 Å². The van der Waals surface area contributed by atoms with Crippen LogP contribution in [0.15, 0.2) is 11.8 Å². The lowest BCUT2D eigenvalue weighted by molar-refractivity contribution is -0.403. The normalized spacial score (nSPS) is 11.7. The Morgan fingerprint density at radius 1 is 1.58 bits per heavy atom. The van der Waals surface area contributed by atoms with Crippen molar-refractivity contribution in [2.24, 2.45) is 0 Å². The molecule has 0 aromatic heterocycles. The van der Waals surface area contributed by atoms with Crippen molar-refractivity contribution in [2.45, 2.75) is 26.2 Å². The molecule has 0 spiro atoms. The molecule has 70 valence electrons. The van der Waals surface area contributed by atoms with E-state index in [0.717, 1.165) is 24.6 Å². The molecular formula is C8H15NO3. The second kappa shape index (κ2) is 6.79. The van der Waals surface area contributed by atoms with E-state index >= 15 is 0 Å². The maximum atomic E-state index is 10.1. The molecule has 0 saturated carbocycles. The summed E-state index contributed by atoms with van der Waals surface area (Å²) in [6.45, 7) is 2.56. The number of ether oxygens (including phenoxy) is 1. The highest BCUT2D eigenvalue weighted by atomic mass is 16.6. The summed E-state index contributed by atoms with van der Waals surface area (Å²) in [6, 6.07) is 0. The average Bonchev–Trinajstić information content (AvgIpc) is 2.00. The molecule has 0 aliphatic rings. The zero-order chi connectivity index (χ0) is 9.40. The molecule has 0 aliphatic carbocycles. The molecule has 0 aromatic carbocycles. The summed E-state index contributed by atoms with van der Waals surface area (Å²) in [6.07, 6.45) is 3.46. The van der Waals surface area contributed by atoms with Gasteiger partial charge in [0.25, 0.3) is 0 Å². The summed E-state index contributed by atoms with van der Waals surface area (Å²) in [5, 5.41) is 10.1. The Morgan fingerprint density at radius 2 is 2.25 bits per heavy atom. The second-order valence-electron chi connectivity index (χ2n) is 2.57. The molecule has 0 atom stereocenters. The van der Waals surface area contributed by atoms with Crippen molar-refractivity contribution in [1.29, 1.82) is 0 Å². The molecule has 4 nitrogen and oxygen atoms in total. The topological polar surface area (TPSA) is 52.4 Å². The van der Waals surface area contributed by atoms with E-state index in [4.69, 9.17) is 4.74 Å². The number of hydrogen-bond donors (Lipinski definition) is 0. The highest BCUT2D eigenvalue weighted by molar-refractivity contribution is 4.96. The van der Waals surface area contributed by atoms with E-state index in [1.165, 1.54) is 0 Å². The van der Waals surface area contributed by atoms with Gasteiger partial charge < -0.3 is 4.74 Å². The summed E-state index contributed by atoms with van der Waals surface area (Å²) >= 11 is 0. The first-order chi connectivity index (χ1) is 5.70. The summed E-state index contributed by atoms with van der Waals surface area (Å²) in [5.41, 5.74) is 0.851.